The van der Waals surface area contributed by atoms with Crippen molar-refractivity contribution >= 4 is 44.7 Å². The van der Waals surface area contributed by atoms with Gasteiger partial charge in [-0.05, 0) is 37.3 Å². The van der Waals surface area contributed by atoms with Crippen molar-refractivity contribution in [2.45, 2.75) is 13.0 Å². The molecule has 130 valence electrons. The lowest BCUT2D eigenvalue weighted by atomic mass is 10.3. The van der Waals surface area contributed by atoms with Crippen LogP contribution in [0.25, 0.3) is 10.2 Å². The van der Waals surface area contributed by atoms with E-state index in [0.717, 1.165) is 20.1 Å². The van der Waals surface area contributed by atoms with Crippen LogP contribution in [0.15, 0.2) is 42.5 Å². The predicted octanol–water partition coefficient (Wildman–Crippen LogP) is 3.30. The molecule has 3 rings (SSSR count). The molecule has 0 fully saturated rings. The van der Waals surface area contributed by atoms with Crippen LogP contribution < -0.4 is 10.2 Å². The van der Waals surface area contributed by atoms with E-state index in [0.29, 0.717) is 5.02 Å². The van der Waals surface area contributed by atoms with E-state index in [1.54, 1.807) is 17.4 Å². The number of quaternary nitrogens is 1. The Morgan fingerprint density at radius 2 is 2.12 bits per heavy atom. The van der Waals surface area contributed by atoms with Crippen molar-refractivity contribution in [1.82, 2.24) is 4.98 Å². The molecule has 2 N–H and O–H groups in total. The number of thiazole rings is 1. The van der Waals surface area contributed by atoms with Crippen molar-refractivity contribution < 1.29 is 14.1 Å². The highest BCUT2D eigenvalue weighted by atomic mass is 35.5. The normalized spacial score (nSPS) is 13.6. The Morgan fingerprint density at radius 3 is 2.84 bits per heavy atom. The number of nitrogens with one attached hydrogen (secondary N) is 2. The van der Waals surface area contributed by atoms with E-state index in [9.17, 15) is 9.18 Å². The fourth-order valence-corrected chi connectivity index (χ4v) is 3.75. The molecule has 0 radical (unpaired) electrons. The van der Waals surface area contributed by atoms with Gasteiger partial charge in [-0.3, -0.25) is 4.79 Å². The average Bonchev–Trinajstić information content (AvgIpc) is 3.00. The lowest BCUT2D eigenvalue weighted by Gasteiger charge is -2.19. The lowest BCUT2D eigenvalue weighted by Crippen LogP contribution is -3.10. The van der Waals surface area contributed by atoms with Crippen LogP contribution in [0.1, 0.15) is 18.0 Å². The number of hydrogen-bond acceptors (Lipinski definition) is 3. The Hall–Kier alpha value is -2.02. The number of hydrogen-bond donors (Lipinski definition) is 2. The minimum absolute atomic E-state index is 0.0539. The molecule has 0 saturated heterocycles. The van der Waals surface area contributed by atoms with Gasteiger partial charge in [-0.25, -0.2) is 9.37 Å². The number of carbonyl (C=O) groups excluding carboxylic acids is 1. The Bertz CT molecular complexity index is 881. The first-order chi connectivity index (χ1) is 11.9. The number of halogens is 2. The van der Waals surface area contributed by atoms with Crippen molar-refractivity contribution in [2.75, 3.05) is 18.9 Å². The Kier molecular flexibility index (Phi) is 5.32. The molecule has 2 atom stereocenters. The molecule has 7 heteroatoms. The van der Waals surface area contributed by atoms with Gasteiger partial charge < -0.3 is 10.2 Å². The molecule has 0 aliphatic rings. The molecule has 0 aliphatic heterocycles. The summed E-state index contributed by atoms with van der Waals surface area (Å²) in [5.74, 6) is -0.801. The number of benzene rings is 2. The van der Waals surface area contributed by atoms with Gasteiger partial charge in [0.1, 0.15) is 11.9 Å². The fraction of sp³-hybridized carbons (Fsp3) is 0.222. The Balaban J connectivity index is 1.66. The van der Waals surface area contributed by atoms with Crippen molar-refractivity contribution in [3.05, 3.63) is 58.3 Å². The molecule has 1 aromatic heterocycles. The summed E-state index contributed by atoms with van der Waals surface area (Å²) in [6.07, 6.45) is 0. The van der Waals surface area contributed by atoms with Gasteiger partial charge >= 0.3 is 0 Å². The van der Waals surface area contributed by atoms with E-state index in [1.807, 2.05) is 38.2 Å². The summed E-state index contributed by atoms with van der Waals surface area (Å²) in [5, 5.41) is 3.86. The maximum atomic E-state index is 13.8. The van der Waals surface area contributed by atoms with Gasteiger partial charge in [-0.1, -0.05) is 23.7 Å². The van der Waals surface area contributed by atoms with Gasteiger partial charge in [0.25, 0.3) is 5.91 Å². The van der Waals surface area contributed by atoms with Crippen molar-refractivity contribution in [3.8, 4) is 0 Å². The van der Waals surface area contributed by atoms with Crippen LogP contribution in [-0.2, 0) is 4.79 Å². The van der Waals surface area contributed by atoms with E-state index < -0.39 is 5.82 Å². The van der Waals surface area contributed by atoms with Gasteiger partial charge in [-0.2, -0.15) is 0 Å². The topological polar surface area (TPSA) is 46.4 Å². The number of nitrogens with zero attached hydrogens (tertiary/aromatic N) is 1. The first-order valence-corrected chi connectivity index (χ1v) is 9.06. The molecule has 0 saturated carbocycles. The van der Waals surface area contributed by atoms with Crippen LogP contribution in [0.4, 0.5) is 10.1 Å². The van der Waals surface area contributed by atoms with Crippen molar-refractivity contribution in [2.24, 2.45) is 0 Å². The standard InChI is InChI=1S/C18H17ClFN3OS/c1-11(18-22-15-5-3-4-6-16(15)25-18)23(2)10-17(24)21-14-8-7-12(19)9-13(14)20/h3-9,11H,10H2,1-2H3,(H,21,24)/p+1/t11-/m0/s1. The third-order valence-electron chi connectivity index (χ3n) is 4.06. The number of anilines is 1. The molecular formula is C18H18ClFN3OS+. The summed E-state index contributed by atoms with van der Waals surface area (Å²) < 4.78 is 14.9. The van der Waals surface area contributed by atoms with Crippen LogP contribution >= 0.6 is 22.9 Å². The number of amides is 1. The molecule has 1 heterocycles. The number of aromatic nitrogens is 1. The van der Waals surface area contributed by atoms with Crippen LogP contribution in [0.2, 0.25) is 5.02 Å². The largest absolute Gasteiger partial charge is 0.322 e. The second-order valence-electron chi connectivity index (χ2n) is 5.94. The van der Waals surface area contributed by atoms with Gasteiger partial charge in [0.15, 0.2) is 11.6 Å². The first kappa shape index (κ1) is 17.8. The van der Waals surface area contributed by atoms with E-state index in [1.165, 1.54) is 12.1 Å². The highest BCUT2D eigenvalue weighted by molar-refractivity contribution is 7.18. The summed E-state index contributed by atoms with van der Waals surface area (Å²) in [6, 6.07) is 12.2. The van der Waals surface area contributed by atoms with Gasteiger partial charge in [0, 0.05) is 5.02 Å². The van der Waals surface area contributed by atoms with Crippen molar-refractivity contribution in [3.63, 3.8) is 0 Å². The van der Waals surface area contributed by atoms with Gasteiger partial charge in [0.2, 0.25) is 0 Å². The number of rotatable bonds is 5. The molecule has 3 aromatic rings. The van der Waals surface area contributed by atoms with Crippen LogP contribution in [0, 0.1) is 5.82 Å². The van der Waals surface area contributed by atoms with E-state index in [2.05, 4.69) is 10.3 Å². The maximum Gasteiger partial charge on any atom is 0.279 e. The summed E-state index contributed by atoms with van der Waals surface area (Å²) >= 11 is 7.35. The van der Waals surface area contributed by atoms with Gasteiger partial charge in [0.05, 0.1) is 23.0 Å². The minimum atomic E-state index is -0.544. The quantitative estimate of drug-likeness (QED) is 0.715. The summed E-state index contributed by atoms with van der Waals surface area (Å²) in [5.41, 5.74) is 1.10. The number of likely N-dealkylation sites (N-methyl/N-ethyl adjacent to an activating group) is 1. The monoisotopic (exact) mass is 378 g/mol. The third-order valence-corrected chi connectivity index (χ3v) is 5.52. The molecule has 4 nitrogen and oxygen atoms in total. The molecule has 25 heavy (non-hydrogen) atoms. The second kappa shape index (κ2) is 7.47. The molecule has 2 aromatic carbocycles. The lowest BCUT2D eigenvalue weighted by molar-refractivity contribution is -0.902. The summed E-state index contributed by atoms with van der Waals surface area (Å²) in [6.45, 7) is 2.24. The highest BCUT2D eigenvalue weighted by Crippen LogP contribution is 2.24. The van der Waals surface area contributed by atoms with Crippen LogP contribution in [0.5, 0.6) is 0 Å². The summed E-state index contributed by atoms with van der Waals surface area (Å²) in [4.78, 5) is 17.8. The average molecular weight is 379 g/mol. The fourth-order valence-electron chi connectivity index (χ4n) is 2.48. The Morgan fingerprint density at radius 1 is 1.36 bits per heavy atom. The zero-order valence-corrected chi connectivity index (χ0v) is 15.4. The molecule has 0 aliphatic carbocycles. The van der Waals surface area contributed by atoms with Gasteiger partial charge in [-0.15, -0.1) is 11.3 Å². The smallest absolute Gasteiger partial charge is 0.279 e. The molecule has 0 spiro atoms. The minimum Gasteiger partial charge on any atom is -0.322 e. The maximum absolute atomic E-state index is 13.8. The van der Waals surface area contributed by atoms with E-state index in [-0.39, 0.29) is 24.2 Å². The number of carbonyl (C=O) groups is 1. The summed E-state index contributed by atoms with van der Waals surface area (Å²) in [7, 11) is 1.93. The SMILES string of the molecule is C[C@@H](c1nc2ccccc2s1)[NH+](C)CC(=O)Nc1ccc(Cl)cc1F. The van der Waals surface area contributed by atoms with Crippen molar-refractivity contribution in [1.29, 1.82) is 0 Å². The Labute approximate surface area is 154 Å². The van der Waals surface area contributed by atoms with E-state index in [4.69, 9.17) is 11.6 Å². The molecule has 0 bridgehead atoms. The van der Waals surface area contributed by atoms with Crippen LogP contribution in [-0.4, -0.2) is 24.5 Å². The number of fused-ring (bicyclic) bond motifs is 1. The molecule has 1 unspecified atom stereocenters. The molecular weight excluding hydrogens is 361 g/mol. The second-order valence-corrected chi connectivity index (χ2v) is 7.44. The highest BCUT2D eigenvalue weighted by Gasteiger charge is 2.22. The first-order valence-electron chi connectivity index (χ1n) is 7.86. The molecule has 1 amide bonds. The van der Waals surface area contributed by atoms with E-state index >= 15 is 0 Å². The predicted molar refractivity (Wildman–Crippen MR) is 99.8 cm³/mol. The zero-order valence-electron chi connectivity index (χ0n) is 13.8. The number of para-hydroxylation sites is 1. The third kappa shape index (κ3) is 4.15. The van der Waals surface area contributed by atoms with Crippen LogP contribution in [0.3, 0.4) is 0 Å². The zero-order chi connectivity index (χ0) is 18.0.